The molecule has 1 aromatic carbocycles. The largest absolute Gasteiger partial charge is 0.507 e. The molecule has 1 aliphatic heterocycles. The van der Waals surface area contributed by atoms with E-state index < -0.39 is 17.7 Å². The molecule has 33 heavy (non-hydrogen) atoms. The molecule has 0 aliphatic carbocycles. The summed E-state index contributed by atoms with van der Waals surface area (Å²) in [6.45, 7) is 11.7. The van der Waals surface area contributed by atoms with Gasteiger partial charge in [0.05, 0.1) is 18.2 Å². The number of Topliss-reactive ketones (excluding diaryl/α,β-unsaturated/α-hetero) is 1. The van der Waals surface area contributed by atoms with E-state index in [1.54, 1.807) is 11.0 Å². The molecule has 1 unspecified atom stereocenters. The van der Waals surface area contributed by atoms with Crippen LogP contribution < -0.4 is 4.74 Å². The van der Waals surface area contributed by atoms with Crippen molar-refractivity contribution in [2.75, 3.05) is 32.8 Å². The van der Waals surface area contributed by atoms with Crippen molar-refractivity contribution in [3.05, 3.63) is 57.3 Å². The molecule has 0 radical (unpaired) electrons. The maximum Gasteiger partial charge on any atom is 0.295 e. The molecule has 1 N–H and O–H groups in total. The number of nitrogens with zero attached hydrogens (tertiary/aromatic N) is 2. The first-order chi connectivity index (χ1) is 15.9. The van der Waals surface area contributed by atoms with Gasteiger partial charge < -0.3 is 19.6 Å². The highest BCUT2D eigenvalue weighted by Gasteiger charge is 2.46. The number of ether oxygens (including phenoxy) is 1. The van der Waals surface area contributed by atoms with Gasteiger partial charge in [0, 0.05) is 23.5 Å². The van der Waals surface area contributed by atoms with Gasteiger partial charge >= 0.3 is 0 Å². The second-order valence-electron chi connectivity index (χ2n) is 8.22. The summed E-state index contributed by atoms with van der Waals surface area (Å²) in [5.74, 6) is -0.570. The molecule has 1 aromatic heterocycles. The number of aliphatic hydroxyl groups is 1. The van der Waals surface area contributed by atoms with Gasteiger partial charge in [-0.3, -0.25) is 9.59 Å². The second kappa shape index (κ2) is 11.5. The number of ketones is 1. The Balaban J connectivity index is 1.97. The number of rotatable bonds is 11. The zero-order chi connectivity index (χ0) is 24.0. The van der Waals surface area contributed by atoms with E-state index in [0.717, 1.165) is 42.1 Å². The molecule has 178 valence electrons. The Morgan fingerprint density at radius 2 is 1.94 bits per heavy atom. The van der Waals surface area contributed by atoms with Gasteiger partial charge in [0.1, 0.15) is 11.5 Å². The second-order valence-corrected chi connectivity index (χ2v) is 9.20. The summed E-state index contributed by atoms with van der Waals surface area (Å²) >= 11 is 1.48. The number of aliphatic hydroxyl groups excluding tert-OH is 1. The number of likely N-dealkylation sites (tertiary alicyclic amines) is 1. The first kappa shape index (κ1) is 25.0. The van der Waals surface area contributed by atoms with Crippen LogP contribution in [0.15, 0.2) is 41.3 Å². The minimum Gasteiger partial charge on any atom is -0.507 e. The van der Waals surface area contributed by atoms with Gasteiger partial charge in [-0.2, -0.15) is 0 Å². The number of aryl methyl sites for hydroxylation is 1. The van der Waals surface area contributed by atoms with Crippen molar-refractivity contribution in [1.29, 1.82) is 0 Å². The summed E-state index contributed by atoms with van der Waals surface area (Å²) in [5, 5.41) is 13.2. The Morgan fingerprint density at radius 3 is 2.55 bits per heavy atom. The molecule has 0 spiro atoms. The van der Waals surface area contributed by atoms with Crippen LogP contribution in [0.4, 0.5) is 0 Å². The van der Waals surface area contributed by atoms with E-state index in [1.807, 2.05) is 36.6 Å². The van der Waals surface area contributed by atoms with E-state index in [4.69, 9.17) is 4.74 Å². The topological polar surface area (TPSA) is 70.1 Å². The molecule has 3 rings (SSSR count). The molecule has 1 saturated heterocycles. The van der Waals surface area contributed by atoms with Crippen LogP contribution in [0, 0.1) is 6.92 Å². The van der Waals surface area contributed by atoms with Crippen molar-refractivity contribution >= 4 is 28.8 Å². The Kier molecular flexibility index (Phi) is 8.69. The fraction of sp³-hybridized carbons (Fsp3) is 0.462. The van der Waals surface area contributed by atoms with Crippen LogP contribution in [0.3, 0.4) is 0 Å². The SMILES string of the molecule is CCCCOc1ccc(C(O)=C2C(=O)C(=O)N(CCN(CC)CC)C2c2cccs2)cc1C. The maximum atomic E-state index is 13.1. The Morgan fingerprint density at radius 1 is 1.18 bits per heavy atom. The normalized spacial score (nSPS) is 17.8. The van der Waals surface area contributed by atoms with Crippen molar-refractivity contribution in [2.24, 2.45) is 0 Å². The molecular weight excluding hydrogens is 436 g/mol. The molecule has 7 heteroatoms. The van der Waals surface area contributed by atoms with Gasteiger partial charge in [0.15, 0.2) is 0 Å². The Hall–Kier alpha value is -2.64. The average Bonchev–Trinajstić information content (AvgIpc) is 3.43. The number of amides is 1. The van der Waals surface area contributed by atoms with E-state index >= 15 is 0 Å². The Labute approximate surface area is 200 Å². The van der Waals surface area contributed by atoms with Gasteiger partial charge in [0.25, 0.3) is 11.7 Å². The number of hydrogen-bond acceptors (Lipinski definition) is 6. The summed E-state index contributed by atoms with van der Waals surface area (Å²) in [6.07, 6.45) is 2.02. The smallest absolute Gasteiger partial charge is 0.295 e. The van der Waals surface area contributed by atoms with Gasteiger partial charge in [0.2, 0.25) is 0 Å². The third-order valence-corrected chi connectivity index (χ3v) is 7.03. The lowest BCUT2D eigenvalue weighted by molar-refractivity contribution is -0.140. The van der Waals surface area contributed by atoms with Crippen molar-refractivity contribution in [2.45, 2.75) is 46.6 Å². The molecule has 2 aromatic rings. The van der Waals surface area contributed by atoms with Crippen LogP contribution in [0.25, 0.3) is 5.76 Å². The van der Waals surface area contributed by atoms with E-state index in [2.05, 4.69) is 25.7 Å². The van der Waals surface area contributed by atoms with Gasteiger partial charge in [-0.25, -0.2) is 0 Å². The van der Waals surface area contributed by atoms with Crippen LogP contribution in [-0.2, 0) is 9.59 Å². The average molecular weight is 471 g/mol. The van der Waals surface area contributed by atoms with Crippen LogP contribution in [-0.4, -0.2) is 59.4 Å². The number of unbranched alkanes of at least 4 members (excludes halogenated alkanes) is 1. The zero-order valence-corrected chi connectivity index (χ0v) is 20.8. The van der Waals surface area contributed by atoms with Crippen molar-refractivity contribution in [3.63, 3.8) is 0 Å². The molecule has 1 amide bonds. The highest BCUT2D eigenvalue weighted by Crippen LogP contribution is 2.41. The van der Waals surface area contributed by atoms with E-state index in [0.29, 0.717) is 25.3 Å². The minimum absolute atomic E-state index is 0.139. The molecule has 6 nitrogen and oxygen atoms in total. The van der Waals surface area contributed by atoms with Crippen molar-refractivity contribution in [3.8, 4) is 5.75 Å². The number of thiophene rings is 1. The first-order valence-corrected chi connectivity index (χ1v) is 12.6. The molecule has 0 bridgehead atoms. The van der Waals surface area contributed by atoms with E-state index in [9.17, 15) is 14.7 Å². The van der Waals surface area contributed by atoms with Gasteiger partial charge in [-0.15, -0.1) is 11.3 Å². The maximum absolute atomic E-state index is 13.1. The molecular formula is C26H34N2O4S. The van der Waals surface area contributed by atoms with Crippen LogP contribution in [0.1, 0.15) is 55.7 Å². The Bertz CT molecular complexity index is 996. The van der Waals surface area contributed by atoms with Crippen molar-refractivity contribution in [1.82, 2.24) is 9.80 Å². The highest BCUT2D eigenvalue weighted by molar-refractivity contribution is 7.10. The third-order valence-electron chi connectivity index (χ3n) is 6.11. The lowest BCUT2D eigenvalue weighted by Crippen LogP contribution is -2.37. The number of carbonyl (C=O) groups excluding carboxylic acids is 2. The van der Waals surface area contributed by atoms with Crippen LogP contribution in [0.2, 0.25) is 0 Å². The molecule has 0 saturated carbocycles. The van der Waals surface area contributed by atoms with Gasteiger partial charge in [-0.1, -0.05) is 33.3 Å². The summed E-state index contributed by atoms with van der Waals surface area (Å²) in [7, 11) is 0. The lowest BCUT2D eigenvalue weighted by atomic mass is 9.98. The summed E-state index contributed by atoms with van der Waals surface area (Å²) in [6, 6.07) is 8.60. The van der Waals surface area contributed by atoms with Crippen LogP contribution in [0.5, 0.6) is 5.75 Å². The third kappa shape index (κ3) is 5.47. The minimum atomic E-state index is -0.633. The number of hydrogen-bond donors (Lipinski definition) is 1. The quantitative estimate of drug-likeness (QED) is 0.217. The lowest BCUT2D eigenvalue weighted by Gasteiger charge is -2.27. The molecule has 1 atom stereocenters. The van der Waals surface area contributed by atoms with Crippen molar-refractivity contribution < 1.29 is 19.4 Å². The van der Waals surface area contributed by atoms with Gasteiger partial charge in [-0.05, 0) is 61.6 Å². The number of benzene rings is 1. The summed E-state index contributed by atoms with van der Waals surface area (Å²) < 4.78 is 5.82. The molecule has 2 heterocycles. The number of carbonyl (C=O) groups is 2. The fourth-order valence-corrected chi connectivity index (χ4v) is 4.93. The summed E-state index contributed by atoms with van der Waals surface area (Å²) in [5.41, 5.74) is 1.54. The molecule has 1 aliphatic rings. The van der Waals surface area contributed by atoms with E-state index in [1.165, 1.54) is 11.3 Å². The molecule has 1 fully saturated rings. The standard InChI is InChI=1S/C26H34N2O4S/c1-5-8-15-32-20-12-11-19(17-18(20)4)24(29)22-23(21-10-9-16-33-21)28(26(31)25(22)30)14-13-27(6-2)7-3/h9-12,16-17,23,29H,5-8,13-15H2,1-4H3. The van der Waals surface area contributed by atoms with E-state index in [-0.39, 0.29) is 11.3 Å². The summed E-state index contributed by atoms with van der Waals surface area (Å²) in [4.78, 5) is 30.8. The zero-order valence-electron chi connectivity index (χ0n) is 20.0. The number of likely N-dealkylation sites (N-methyl/N-ethyl adjacent to an activating group) is 1. The predicted octanol–water partition coefficient (Wildman–Crippen LogP) is 5.00. The highest BCUT2D eigenvalue weighted by atomic mass is 32.1. The monoisotopic (exact) mass is 470 g/mol. The van der Waals surface area contributed by atoms with Crippen LogP contribution >= 0.6 is 11.3 Å². The first-order valence-electron chi connectivity index (χ1n) is 11.7. The predicted molar refractivity (Wildman–Crippen MR) is 133 cm³/mol. The fourth-order valence-electron chi connectivity index (χ4n) is 4.08.